The number of fused-ring (bicyclic) bond motifs is 1. The van der Waals surface area contributed by atoms with Gasteiger partial charge >= 0.3 is 0 Å². The zero-order chi connectivity index (χ0) is 15.0. The van der Waals surface area contributed by atoms with E-state index in [1.165, 1.54) is 5.56 Å². The Bertz CT molecular complexity index is 674. The van der Waals surface area contributed by atoms with Crippen molar-refractivity contribution in [3.8, 4) is 5.75 Å². The Labute approximate surface area is 138 Å². The third-order valence-electron chi connectivity index (χ3n) is 3.99. The van der Waals surface area contributed by atoms with Gasteiger partial charge in [0.2, 0.25) is 0 Å². The molecule has 3 rings (SSSR count). The molecule has 1 N–H and O–H groups in total. The van der Waals surface area contributed by atoms with E-state index < -0.39 is 0 Å². The molecule has 0 aromatic heterocycles. The number of nitrogens with one attached hydrogen (secondary N) is 1. The molecule has 2 aromatic carbocycles. The van der Waals surface area contributed by atoms with Crippen molar-refractivity contribution < 1.29 is 4.74 Å². The highest BCUT2D eigenvalue weighted by atomic mass is 79.9. The van der Waals surface area contributed by atoms with E-state index in [-0.39, 0.29) is 12.1 Å². The summed E-state index contributed by atoms with van der Waals surface area (Å²) in [5, 5.41) is 4.17. The summed E-state index contributed by atoms with van der Waals surface area (Å²) in [4.78, 5) is 0. The number of rotatable bonds is 2. The van der Waals surface area contributed by atoms with Gasteiger partial charge in [0.15, 0.2) is 0 Å². The molecule has 0 saturated heterocycles. The zero-order valence-electron chi connectivity index (χ0n) is 12.0. The van der Waals surface area contributed by atoms with E-state index in [1.54, 1.807) is 0 Å². The maximum absolute atomic E-state index is 6.25. The second kappa shape index (κ2) is 5.99. The maximum Gasteiger partial charge on any atom is 0.126 e. The van der Waals surface area contributed by atoms with Crippen LogP contribution in [0.2, 0.25) is 5.02 Å². The lowest BCUT2D eigenvalue weighted by Crippen LogP contribution is -2.26. The number of aryl methyl sites for hydroxylation is 1. The Morgan fingerprint density at radius 2 is 2.05 bits per heavy atom. The molecule has 2 unspecified atom stereocenters. The summed E-state index contributed by atoms with van der Waals surface area (Å²) in [5.41, 5.74) is 3.41. The highest BCUT2D eigenvalue weighted by Crippen LogP contribution is 2.42. The molecular formula is C17H17BrClNO. The van der Waals surface area contributed by atoms with Crippen LogP contribution in [0.3, 0.4) is 0 Å². The summed E-state index contributed by atoms with van der Waals surface area (Å²) < 4.78 is 7.22. The van der Waals surface area contributed by atoms with Crippen molar-refractivity contribution in [3.63, 3.8) is 0 Å². The Kier molecular flexibility index (Phi) is 4.25. The lowest BCUT2D eigenvalue weighted by atomic mass is 9.93. The molecule has 0 saturated carbocycles. The predicted molar refractivity (Wildman–Crippen MR) is 90.1 cm³/mol. The van der Waals surface area contributed by atoms with Crippen molar-refractivity contribution in [1.82, 2.24) is 5.32 Å². The van der Waals surface area contributed by atoms with Crippen LogP contribution in [0.25, 0.3) is 0 Å². The second-order valence-electron chi connectivity index (χ2n) is 5.37. The minimum atomic E-state index is 0.0161. The van der Waals surface area contributed by atoms with Crippen LogP contribution in [-0.4, -0.2) is 7.05 Å². The minimum absolute atomic E-state index is 0.0161. The molecule has 0 radical (unpaired) electrons. The van der Waals surface area contributed by atoms with E-state index in [2.05, 4.69) is 39.4 Å². The topological polar surface area (TPSA) is 21.3 Å². The third-order valence-corrected chi connectivity index (χ3v) is 4.89. The first kappa shape index (κ1) is 14.9. The minimum Gasteiger partial charge on any atom is -0.485 e. The van der Waals surface area contributed by atoms with Crippen LogP contribution in [-0.2, 0) is 0 Å². The van der Waals surface area contributed by atoms with Crippen molar-refractivity contribution in [2.45, 2.75) is 25.5 Å². The van der Waals surface area contributed by atoms with Gasteiger partial charge in [-0.1, -0.05) is 45.7 Å². The monoisotopic (exact) mass is 365 g/mol. The average Bonchev–Trinajstić information content (AvgIpc) is 2.48. The fraction of sp³-hybridized carbons (Fsp3) is 0.294. The smallest absolute Gasteiger partial charge is 0.126 e. The van der Waals surface area contributed by atoms with Crippen LogP contribution in [0.4, 0.5) is 0 Å². The molecule has 0 aliphatic carbocycles. The molecule has 1 aliphatic rings. The Hall–Kier alpha value is -1.03. The molecule has 2 aromatic rings. The van der Waals surface area contributed by atoms with Crippen LogP contribution < -0.4 is 10.1 Å². The van der Waals surface area contributed by atoms with Gasteiger partial charge in [-0.25, -0.2) is 0 Å². The quantitative estimate of drug-likeness (QED) is 0.789. The lowest BCUT2D eigenvalue weighted by molar-refractivity contribution is 0.154. The highest BCUT2D eigenvalue weighted by Gasteiger charge is 2.28. The Balaban J connectivity index is 1.97. The number of hydrogen-bond donors (Lipinski definition) is 1. The van der Waals surface area contributed by atoms with Crippen molar-refractivity contribution >= 4 is 27.5 Å². The molecule has 110 valence electrons. The fourth-order valence-electron chi connectivity index (χ4n) is 2.73. The van der Waals surface area contributed by atoms with E-state index in [4.69, 9.17) is 16.3 Å². The van der Waals surface area contributed by atoms with Crippen molar-refractivity contribution in [2.75, 3.05) is 7.05 Å². The maximum atomic E-state index is 6.25. The molecule has 0 bridgehead atoms. The van der Waals surface area contributed by atoms with E-state index >= 15 is 0 Å². The first-order chi connectivity index (χ1) is 10.1. The third kappa shape index (κ3) is 2.96. The zero-order valence-corrected chi connectivity index (χ0v) is 14.3. The summed E-state index contributed by atoms with van der Waals surface area (Å²) in [7, 11) is 1.99. The van der Waals surface area contributed by atoms with E-state index in [9.17, 15) is 0 Å². The largest absolute Gasteiger partial charge is 0.485 e. The van der Waals surface area contributed by atoms with Crippen LogP contribution in [0.5, 0.6) is 5.75 Å². The summed E-state index contributed by atoms with van der Waals surface area (Å²) in [6.45, 7) is 2.01. The predicted octanol–water partition coefficient (Wildman–Crippen LogP) is 5.20. The molecule has 1 heterocycles. The number of benzene rings is 2. The van der Waals surface area contributed by atoms with Gasteiger partial charge in [-0.15, -0.1) is 0 Å². The normalized spacial score (nSPS) is 20.8. The first-order valence-electron chi connectivity index (χ1n) is 6.98. The van der Waals surface area contributed by atoms with Gasteiger partial charge < -0.3 is 10.1 Å². The molecule has 0 amide bonds. The summed E-state index contributed by atoms with van der Waals surface area (Å²) in [6.07, 6.45) is 0.909. The molecule has 2 atom stereocenters. The van der Waals surface area contributed by atoms with Gasteiger partial charge in [-0.2, -0.15) is 0 Å². The van der Waals surface area contributed by atoms with Crippen LogP contribution in [0.15, 0.2) is 40.9 Å². The number of ether oxygens (including phenoxy) is 1. The number of hydrogen-bond acceptors (Lipinski definition) is 2. The van der Waals surface area contributed by atoms with Gasteiger partial charge in [0, 0.05) is 27.5 Å². The van der Waals surface area contributed by atoms with Crippen LogP contribution >= 0.6 is 27.5 Å². The molecule has 21 heavy (non-hydrogen) atoms. The van der Waals surface area contributed by atoms with E-state index in [0.717, 1.165) is 32.8 Å². The van der Waals surface area contributed by atoms with Crippen molar-refractivity contribution in [1.29, 1.82) is 0 Å². The van der Waals surface area contributed by atoms with Gasteiger partial charge in [0.1, 0.15) is 11.9 Å². The SMILES string of the molecule is CNC1CC(c2ccc(C)c(Cl)c2)Oc2cc(Br)ccc21. The van der Waals surface area contributed by atoms with E-state index in [0.29, 0.717) is 0 Å². The van der Waals surface area contributed by atoms with Crippen molar-refractivity contribution in [3.05, 3.63) is 62.6 Å². The molecule has 4 heteroatoms. The van der Waals surface area contributed by atoms with Gasteiger partial charge in [-0.3, -0.25) is 0 Å². The summed E-state index contributed by atoms with van der Waals surface area (Å²) >= 11 is 9.76. The molecule has 0 spiro atoms. The average molecular weight is 367 g/mol. The Morgan fingerprint density at radius 1 is 1.24 bits per heavy atom. The second-order valence-corrected chi connectivity index (χ2v) is 6.70. The lowest BCUT2D eigenvalue weighted by Gasteiger charge is -2.32. The van der Waals surface area contributed by atoms with Crippen molar-refractivity contribution in [2.24, 2.45) is 0 Å². The standard InChI is InChI=1S/C17H17BrClNO/c1-10-3-4-11(7-14(10)19)16-9-15(20-2)13-6-5-12(18)8-17(13)21-16/h3-8,15-16,20H,9H2,1-2H3. The molecule has 0 fully saturated rings. The summed E-state index contributed by atoms with van der Waals surface area (Å²) in [5.74, 6) is 0.927. The molecular weight excluding hydrogens is 350 g/mol. The van der Waals surface area contributed by atoms with Gasteiger partial charge in [-0.05, 0) is 43.3 Å². The molecule has 2 nitrogen and oxygen atoms in total. The van der Waals surface area contributed by atoms with Crippen LogP contribution in [0.1, 0.15) is 35.3 Å². The summed E-state index contributed by atoms with van der Waals surface area (Å²) in [6, 6.07) is 12.6. The fourth-order valence-corrected chi connectivity index (χ4v) is 3.26. The van der Waals surface area contributed by atoms with E-state index in [1.807, 2.05) is 32.2 Å². The number of halogens is 2. The highest BCUT2D eigenvalue weighted by molar-refractivity contribution is 9.10. The van der Waals surface area contributed by atoms with Gasteiger partial charge in [0.05, 0.1) is 0 Å². The molecule has 1 aliphatic heterocycles. The van der Waals surface area contributed by atoms with Gasteiger partial charge in [0.25, 0.3) is 0 Å². The first-order valence-corrected chi connectivity index (χ1v) is 8.15. The van der Waals surface area contributed by atoms with Crippen LogP contribution in [0, 0.1) is 6.92 Å². The Morgan fingerprint density at radius 3 is 2.76 bits per heavy atom.